The van der Waals surface area contributed by atoms with E-state index in [1.165, 1.54) is 12.8 Å². The Hall–Kier alpha value is -1.10. The molecule has 1 amide bonds. The van der Waals surface area contributed by atoms with Crippen molar-refractivity contribution in [1.82, 2.24) is 4.90 Å². The van der Waals surface area contributed by atoms with E-state index >= 15 is 0 Å². The molecule has 1 atom stereocenters. The van der Waals surface area contributed by atoms with E-state index in [0.29, 0.717) is 32.7 Å². The fraction of sp³-hybridized carbons (Fsp3) is 0.875. The molecule has 5 heteroatoms. The maximum Gasteiger partial charge on any atom is 0.307 e. The topological polar surface area (TPSA) is 66.8 Å². The second-order valence-electron chi connectivity index (χ2n) is 7.25. The van der Waals surface area contributed by atoms with E-state index in [2.05, 4.69) is 13.8 Å². The molecular weight excluding hydrogens is 270 g/mol. The lowest BCUT2D eigenvalue weighted by Crippen LogP contribution is -2.42. The Balaban J connectivity index is 1.88. The zero-order valence-electron chi connectivity index (χ0n) is 13.1. The first kappa shape index (κ1) is 16.3. The van der Waals surface area contributed by atoms with E-state index < -0.39 is 11.9 Å². The van der Waals surface area contributed by atoms with Crippen LogP contribution in [0.15, 0.2) is 0 Å². The van der Waals surface area contributed by atoms with E-state index in [-0.39, 0.29) is 17.7 Å². The number of hydrogen-bond acceptors (Lipinski definition) is 3. The Morgan fingerprint density at radius 2 is 1.90 bits per heavy atom. The summed E-state index contributed by atoms with van der Waals surface area (Å²) in [7, 11) is 0. The molecule has 1 unspecified atom stereocenters. The lowest BCUT2D eigenvalue weighted by molar-refractivity contribution is -0.148. The van der Waals surface area contributed by atoms with Crippen molar-refractivity contribution in [3.05, 3.63) is 0 Å². The highest BCUT2D eigenvalue weighted by molar-refractivity contribution is 5.82. The molecule has 0 bridgehead atoms. The zero-order chi connectivity index (χ0) is 15.5. The summed E-state index contributed by atoms with van der Waals surface area (Å²) >= 11 is 0. The van der Waals surface area contributed by atoms with E-state index in [9.17, 15) is 14.7 Å². The number of carboxylic acid groups (broad SMARTS) is 1. The van der Waals surface area contributed by atoms with E-state index in [1.807, 2.05) is 0 Å². The first-order chi connectivity index (χ1) is 9.87. The number of carboxylic acids is 1. The van der Waals surface area contributed by atoms with Crippen LogP contribution in [0.4, 0.5) is 0 Å². The zero-order valence-corrected chi connectivity index (χ0v) is 13.1. The highest BCUT2D eigenvalue weighted by Crippen LogP contribution is 2.43. The molecule has 2 aliphatic rings. The van der Waals surface area contributed by atoms with Gasteiger partial charge in [0.05, 0.1) is 19.1 Å². The maximum atomic E-state index is 12.2. The number of nitrogens with zero attached hydrogens (tertiary/aromatic N) is 1. The second kappa shape index (κ2) is 6.77. The van der Waals surface area contributed by atoms with Crippen molar-refractivity contribution in [2.75, 3.05) is 26.3 Å². The summed E-state index contributed by atoms with van der Waals surface area (Å²) in [5.41, 5.74) is -0.00445. The van der Waals surface area contributed by atoms with Crippen LogP contribution in [-0.2, 0) is 14.3 Å². The second-order valence-corrected chi connectivity index (χ2v) is 7.25. The quantitative estimate of drug-likeness (QED) is 0.782. The third kappa shape index (κ3) is 5.30. The summed E-state index contributed by atoms with van der Waals surface area (Å²) in [4.78, 5) is 25.5. The standard InChI is InChI=1S/C16H27NO4/c1-16(2,10-12-3-4-12)11-13(15(19)20)9-14(18)17-5-7-21-8-6-17/h12-13H,3-11H2,1-2H3,(H,19,20). The summed E-state index contributed by atoms with van der Waals surface area (Å²) in [6.07, 6.45) is 4.31. The molecular formula is C16H27NO4. The Morgan fingerprint density at radius 1 is 1.29 bits per heavy atom. The number of carbonyl (C=O) groups is 2. The largest absolute Gasteiger partial charge is 0.481 e. The van der Waals surface area contributed by atoms with Gasteiger partial charge in [0.25, 0.3) is 0 Å². The van der Waals surface area contributed by atoms with Crippen LogP contribution >= 0.6 is 0 Å². The van der Waals surface area contributed by atoms with Crippen molar-refractivity contribution >= 4 is 11.9 Å². The van der Waals surface area contributed by atoms with Crippen LogP contribution in [-0.4, -0.2) is 48.2 Å². The molecule has 1 aliphatic carbocycles. The first-order valence-electron chi connectivity index (χ1n) is 7.96. The van der Waals surface area contributed by atoms with Crippen LogP contribution in [0.1, 0.15) is 46.0 Å². The molecule has 1 saturated carbocycles. The highest BCUT2D eigenvalue weighted by Gasteiger charge is 2.35. The van der Waals surface area contributed by atoms with Gasteiger partial charge in [-0.25, -0.2) is 0 Å². The highest BCUT2D eigenvalue weighted by atomic mass is 16.5. The van der Waals surface area contributed by atoms with Gasteiger partial charge in [-0.3, -0.25) is 9.59 Å². The van der Waals surface area contributed by atoms with Gasteiger partial charge in [0.15, 0.2) is 0 Å². The monoisotopic (exact) mass is 297 g/mol. The summed E-state index contributed by atoms with van der Waals surface area (Å²) in [6, 6.07) is 0. The van der Waals surface area contributed by atoms with Crippen LogP contribution in [0.25, 0.3) is 0 Å². The van der Waals surface area contributed by atoms with Crippen molar-refractivity contribution < 1.29 is 19.4 Å². The Bertz CT molecular complexity index is 384. The minimum absolute atomic E-state index is 0.00445. The van der Waals surface area contributed by atoms with Crippen LogP contribution in [0.3, 0.4) is 0 Å². The van der Waals surface area contributed by atoms with E-state index in [4.69, 9.17) is 4.74 Å². The molecule has 1 saturated heterocycles. The fourth-order valence-electron chi connectivity index (χ4n) is 3.25. The number of aliphatic carboxylic acids is 1. The summed E-state index contributed by atoms with van der Waals surface area (Å²) in [6.45, 7) is 6.52. The molecule has 0 aromatic carbocycles. The first-order valence-corrected chi connectivity index (χ1v) is 7.96. The molecule has 21 heavy (non-hydrogen) atoms. The van der Waals surface area contributed by atoms with Gasteiger partial charge in [-0.15, -0.1) is 0 Å². The van der Waals surface area contributed by atoms with Gasteiger partial charge in [0.1, 0.15) is 0 Å². The van der Waals surface area contributed by atoms with Crippen molar-refractivity contribution in [3.8, 4) is 0 Å². The molecule has 2 fully saturated rings. The fourth-order valence-corrected chi connectivity index (χ4v) is 3.25. The molecule has 1 heterocycles. The van der Waals surface area contributed by atoms with Gasteiger partial charge in [0, 0.05) is 19.5 Å². The van der Waals surface area contributed by atoms with Crippen molar-refractivity contribution in [3.63, 3.8) is 0 Å². The van der Waals surface area contributed by atoms with Gasteiger partial charge >= 0.3 is 5.97 Å². The van der Waals surface area contributed by atoms with Gasteiger partial charge in [0.2, 0.25) is 5.91 Å². The minimum Gasteiger partial charge on any atom is -0.481 e. The molecule has 120 valence electrons. The number of rotatable bonds is 7. The number of ether oxygens (including phenoxy) is 1. The number of hydrogen-bond donors (Lipinski definition) is 1. The van der Waals surface area contributed by atoms with Crippen LogP contribution in [0.5, 0.6) is 0 Å². The number of amides is 1. The van der Waals surface area contributed by atoms with Crippen molar-refractivity contribution in [2.45, 2.75) is 46.0 Å². The summed E-state index contributed by atoms with van der Waals surface area (Å²) in [5.74, 6) is -0.702. The van der Waals surface area contributed by atoms with Gasteiger partial charge in [-0.2, -0.15) is 0 Å². The Labute approximate surface area is 126 Å². The van der Waals surface area contributed by atoms with Gasteiger partial charge < -0.3 is 14.7 Å². The normalized spacial score (nSPS) is 21.1. The Kier molecular flexibility index (Phi) is 5.25. The van der Waals surface area contributed by atoms with E-state index in [0.717, 1.165) is 12.3 Å². The summed E-state index contributed by atoms with van der Waals surface area (Å²) < 4.78 is 5.22. The lowest BCUT2D eigenvalue weighted by atomic mass is 9.77. The predicted octanol–water partition coefficient (Wildman–Crippen LogP) is 2.15. The lowest BCUT2D eigenvalue weighted by Gasteiger charge is -2.31. The van der Waals surface area contributed by atoms with Crippen LogP contribution < -0.4 is 0 Å². The third-order valence-electron chi connectivity index (χ3n) is 4.47. The van der Waals surface area contributed by atoms with Crippen molar-refractivity contribution in [1.29, 1.82) is 0 Å². The van der Waals surface area contributed by atoms with Gasteiger partial charge in [-0.1, -0.05) is 26.7 Å². The van der Waals surface area contributed by atoms with E-state index in [1.54, 1.807) is 4.90 Å². The number of carbonyl (C=O) groups excluding carboxylic acids is 1. The molecule has 1 aliphatic heterocycles. The molecule has 1 N–H and O–H groups in total. The SMILES string of the molecule is CC(C)(CC1CC1)CC(CC(=O)N1CCOCC1)C(=O)O. The van der Waals surface area contributed by atoms with Crippen LogP contribution in [0, 0.1) is 17.3 Å². The average molecular weight is 297 g/mol. The van der Waals surface area contributed by atoms with Crippen LogP contribution in [0.2, 0.25) is 0 Å². The van der Waals surface area contributed by atoms with Gasteiger partial charge in [-0.05, 0) is 24.2 Å². The minimum atomic E-state index is -0.847. The molecule has 0 aromatic rings. The molecule has 0 spiro atoms. The smallest absolute Gasteiger partial charge is 0.307 e. The predicted molar refractivity (Wildman–Crippen MR) is 78.9 cm³/mol. The molecule has 0 aromatic heterocycles. The Morgan fingerprint density at radius 3 is 2.43 bits per heavy atom. The number of morpholine rings is 1. The third-order valence-corrected chi connectivity index (χ3v) is 4.47. The maximum absolute atomic E-state index is 12.2. The van der Waals surface area contributed by atoms with Crippen molar-refractivity contribution in [2.24, 2.45) is 17.3 Å². The molecule has 5 nitrogen and oxygen atoms in total. The molecule has 2 rings (SSSR count). The summed E-state index contributed by atoms with van der Waals surface area (Å²) in [5, 5.41) is 9.44. The average Bonchev–Trinajstić information content (AvgIpc) is 3.21. The molecule has 0 radical (unpaired) electrons.